The second-order valence-electron chi connectivity index (χ2n) is 4.24. The molecule has 1 aromatic heterocycles. The molecule has 5 nitrogen and oxygen atoms in total. The Hall–Kier alpha value is -2.01. The summed E-state index contributed by atoms with van der Waals surface area (Å²) in [6.45, 7) is 3.43. The first kappa shape index (κ1) is 14.4. The minimum atomic E-state index is -0.417. The van der Waals surface area contributed by atoms with E-state index in [-0.39, 0.29) is 0 Å². The van der Waals surface area contributed by atoms with Gasteiger partial charge in [0.25, 0.3) is 0 Å². The molecule has 1 heterocycles. The van der Waals surface area contributed by atoms with Crippen LogP contribution in [0.25, 0.3) is 0 Å². The molecule has 2 aromatic rings. The van der Waals surface area contributed by atoms with Crippen molar-refractivity contribution in [3.05, 3.63) is 46.7 Å². The first-order valence-corrected chi connectivity index (χ1v) is 6.65. The van der Waals surface area contributed by atoms with Gasteiger partial charge in [-0.05, 0) is 25.1 Å². The van der Waals surface area contributed by atoms with Gasteiger partial charge >= 0.3 is 5.97 Å². The lowest BCUT2D eigenvalue weighted by atomic mass is 10.1. The normalized spacial score (nSPS) is 10.3. The van der Waals surface area contributed by atoms with Crippen molar-refractivity contribution in [2.45, 2.75) is 20.0 Å². The van der Waals surface area contributed by atoms with Crippen LogP contribution in [-0.2, 0) is 17.8 Å². The molecule has 0 aliphatic carbocycles. The van der Waals surface area contributed by atoms with Crippen molar-refractivity contribution in [3.63, 3.8) is 0 Å². The summed E-state index contributed by atoms with van der Waals surface area (Å²) in [5, 5.41) is 7.89. The van der Waals surface area contributed by atoms with Gasteiger partial charge < -0.3 is 10.1 Å². The van der Waals surface area contributed by atoms with Crippen molar-refractivity contribution in [2.75, 3.05) is 12.4 Å². The van der Waals surface area contributed by atoms with E-state index >= 15 is 0 Å². The topological polar surface area (TPSA) is 56.2 Å². The van der Waals surface area contributed by atoms with Crippen molar-refractivity contribution in [3.8, 4) is 0 Å². The number of benzene rings is 1. The predicted molar refractivity (Wildman–Crippen MR) is 78.0 cm³/mol. The molecule has 6 heteroatoms. The zero-order valence-electron chi connectivity index (χ0n) is 11.4. The Labute approximate surface area is 122 Å². The van der Waals surface area contributed by atoms with Crippen LogP contribution in [0, 0.1) is 0 Å². The third-order valence-corrected chi connectivity index (χ3v) is 3.12. The molecule has 0 saturated heterocycles. The van der Waals surface area contributed by atoms with Crippen LogP contribution in [-0.4, -0.2) is 22.9 Å². The Bertz CT molecular complexity index is 610. The van der Waals surface area contributed by atoms with Crippen molar-refractivity contribution < 1.29 is 9.53 Å². The monoisotopic (exact) mass is 293 g/mol. The van der Waals surface area contributed by atoms with Gasteiger partial charge in [-0.3, -0.25) is 4.68 Å². The van der Waals surface area contributed by atoms with E-state index in [1.54, 1.807) is 24.4 Å². The smallest absolute Gasteiger partial charge is 0.340 e. The fourth-order valence-corrected chi connectivity index (χ4v) is 1.99. The first-order chi connectivity index (χ1) is 9.63. The highest BCUT2D eigenvalue weighted by atomic mass is 35.5. The number of nitrogens with one attached hydrogen (secondary N) is 1. The van der Waals surface area contributed by atoms with E-state index in [2.05, 4.69) is 10.4 Å². The number of carbonyl (C=O) groups is 1. The maximum atomic E-state index is 11.7. The van der Waals surface area contributed by atoms with Gasteiger partial charge in [-0.2, -0.15) is 5.10 Å². The number of methoxy groups -OCH3 is 1. The van der Waals surface area contributed by atoms with Crippen molar-refractivity contribution in [1.82, 2.24) is 9.78 Å². The van der Waals surface area contributed by atoms with Crippen LogP contribution >= 0.6 is 11.6 Å². The third-order valence-electron chi connectivity index (χ3n) is 2.88. The van der Waals surface area contributed by atoms with Crippen LogP contribution < -0.4 is 5.32 Å². The largest absolute Gasteiger partial charge is 0.465 e. The molecule has 20 heavy (non-hydrogen) atoms. The molecular weight excluding hydrogens is 278 g/mol. The second-order valence-corrected chi connectivity index (χ2v) is 4.68. The van der Waals surface area contributed by atoms with Crippen LogP contribution in [0.4, 0.5) is 5.69 Å². The molecule has 0 amide bonds. The highest BCUT2D eigenvalue weighted by Gasteiger charge is 2.12. The third kappa shape index (κ3) is 3.30. The molecule has 0 atom stereocenters. The van der Waals surface area contributed by atoms with Gasteiger partial charge in [-0.15, -0.1) is 0 Å². The summed E-state index contributed by atoms with van der Waals surface area (Å²) >= 11 is 5.91. The molecule has 0 fully saturated rings. The molecule has 106 valence electrons. The summed E-state index contributed by atoms with van der Waals surface area (Å²) < 4.78 is 6.60. The van der Waals surface area contributed by atoms with Gasteiger partial charge in [0.1, 0.15) is 0 Å². The molecule has 1 aromatic carbocycles. The Morgan fingerprint density at radius 1 is 1.50 bits per heavy atom. The quantitative estimate of drug-likeness (QED) is 0.861. The van der Waals surface area contributed by atoms with Crippen molar-refractivity contribution >= 4 is 23.3 Å². The van der Waals surface area contributed by atoms with Crippen molar-refractivity contribution in [1.29, 1.82) is 0 Å². The highest BCUT2D eigenvalue weighted by molar-refractivity contribution is 6.31. The van der Waals surface area contributed by atoms with E-state index in [0.717, 1.165) is 12.1 Å². The average molecular weight is 294 g/mol. The van der Waals surface area contributed by atoms with E-state index in [0.29, 0.717) is 22.8 Å². The number of carbonyl (C=O) groups excluding carboxylic acids is 1. The van der Waals surface area contributed by atoms with Crippen LogP contribution in [0.2, 0.25) is 5.02 Å². The van der Waals surface area contributed by atoms with Gasteiger partial charge in [0.2, 0.25) is 0 Å². The molecule has 0 aliphatic rings. The van der Waals surface area contributed by atoms with Gasteiger partial charge in [0.05, 0.1) is 18.9 Å². The van der Waals surface area contributed by atoms with E-state index in [1.807, 2.05) is 17.8 Å². The summed E-state index contributed by atoms with van der Waals surface area (Å²) in [7, 11) is 1.35. The summed E-state index contributed by atoms with van der Waals surface area (Å²) in [6, 6.07) is 5.08. The molecule has 0 radical (unpaired) electrons. The summed E-state index contributed by atoms with van der Waals surface area (Å²) in [4.78, 5) is 11.7. The molecule has 0 aliphatic heterocycles. The fraction of sp³-hybridized carbons (Fsp3) is 0.286. The second kappa shape index (κ2) is 6.43. The lowest BCUT2D eigenvalue weighted by molar-refractivity contribution is 0.0602. The number of hydrogen-bond acceptors (Lipinski definition) is 4. The molecule has 0 spiro atoms. The Kier molecular flexibility index (Phi) is 4.63. The molecular formula is C14H16ClN3O2. The molecule has 0 bridgehead atoms. The zero-order chi connectivity index (χ0) is 14.5. The highest BCUT2D eigenvalue weighted by Crippen LogP contribution is 2.22. The average Bonchev–Trinajstić information content (AvgIpc) is 2.93. The number of ether oxygens (including phenoxy) is 1. The molecule has 1 N–H and O–H groups in total. The van der Waals surface area contributed by atoms with E-state index in [1.165, 1.54) is 7.11 Å². The predicted octanol–water partition coefficient (Wildman–Crippen LogP) is 2.96. The van der Waals surface area contributed by atoms with Gasteiger partial charge in [0.15, 0.2) is 0 Å². The van der Waals surface area contributed by atoms with Crippen LogP contribution in [0.3, 0.4) is 0 Å². The Morgan fingerprint density at radius 3 is 2.95 bits per heavy atom. The first-order valence-electron chi connectivity index (χ1n) is 6.27. The van der Waals surface area contributed by atoms with E-state index in [4.69, 9.17) is 16.3 Å². The van der Waals surface area contributed by atoms with Crippen molar-refractivity contribution in [2.24, 2.45) is 0 Å². The SMILES string of the molecule is CCn1cc(CNc2ccc(Cl)cc2C(=O)OC)cn1. The fourth-order valence-electron chi connectivity index (χ4n) is 1.82. The van der Waals surface area contributed by atoms with Gasteiger partial charge in [-0.1, -0.05) is 11.6 Å². The Morgan fingerprint density at radius 2 is 2.30 bits per heavy atom. The Balaban J connectivity index is 2.14. The maximum absolute atomic E-state index is 11.7. The number of anilines is 1. The lowest BCUT2D eigenvalue weighted by Crippen LogP contribution is -2.08. The number of aromatic nitrogens is 2. The number of rotatable bonds is 5. The number of aryl methyl sites for hydroxylation is 1. The summed E-state index contributed by atoms with van der Waals surface area (Å²) in [6.07, 6.45) is 3.75. The molecule has 0 unspecified atom stereocenters. The van der Waals surface area contributed by atoms with E-state index < -0.39 is 5.97 Å². The number of hydrogen-bond donors (Lipinski definition) is 1. The van der Waals surface area contributed by atoms with Gasteiger partial charge in [0, 0.05) is 35.6 Å². The number of halogens is 1. The van der Waals surface area contributed by atoms with E-state index in [9.17, 15) is 4.79 Å². The lowest BCUT2D eigenvalue weighted by Gasteiger charge is -2.10. The van der Waals surface area contributed by atoms with Crippen LogP contribution in [0.1, 0.15) is 22.8 Å². The molecule has 2 rings (SSSR count). The van der Waals surface area contributed by atoms with Crippen LogP contribution in [0.15, 0.2) is 30.6 Å². The zero-order valence-corrected chi connectivity index (χ0v) is 12.1. The number of nitrogens with zero attached hydrogens (tertiary/aromatic N) is 2. The standard InChI is InChI=1S/C14H16ClN3O2/c1-3-18-9-10(8-17-18)7-16-13-5-4-11(15)6-12(13)14(19)20-2/h4-6,8-9,16H,3,7H2,1-2H3. The maximum Gasteiger partial charge on any atom is 0.340 e. The molecule has 0 saturated carbocycles. The minimum absolute atomic E-state index is 0.417. The van der Waals surface area contributed by atoms with Gasteiger partial charge in [-0.25, -0.2) is 4.79 Å². The summed E-state index contributed by atoms with van der Waals surface area (Å²) in [5.41, 5.74) is 2.14. The van der Waals surface area contributed by atoms with Crippen LogP contribution in [0.5, 0.6) is 0 Å². The summed E-state index contributed by atoms with van der Waals surface area (Å²) in [5.74, 6) is -0.417. The number of esters is 1. The minimum Gasteiger partial charge on any atom is -0.465 e.